The zero-order chi connectivity index (χ0) is 20.2. The van der Waals surface area contributed by atoms with E-state index in [2.05, 4.69) is 15.5 Å². The van der Waals surface area contributed by atoms with E-state index in [1.165, 1.54) is 17.0 Å². The number of nitrogens with zero attached hydrogens (tertiary/aromatic N) is 3. The van der Waals surface area contributed by atoms with Crippen molar-refractivity contribution >= 4 is 5.91 Å². The molecule has 0 aliphatic carbocycles. The van der Waals surface area contributed by atoms with Gasteiger partial charge in [0.15, 0.2) is 0 Å². The summed E-state index contributed by atoms with van der Waals surface area (Å²) in [7, 11) is 0. The third kappa shape index (κ3) is 4.16. The Labute approximate surface area is 165 Å². The first-order valence-corrected chi connectivity index (χ1v) is 9.00. The van der Waals surface area contributed by atoms with Gasteiger partial charge >= 0.3 is 0 Å². The van der Waals surface area contributed by atoms with Crippen LogP contribution in [0.4, 0.5) is 0 Å². The maximum Gasteiger partial charge on any atom is 0.263 e. The van der Waals surface area contributed by atoms with Gasteiger partial charge in [0.05, 0.1) is 12.8 Å². The number of aromatic nitrogens is 3. The molecule has 1 aromatic carbocycles. The number of rotatable bonds is 6. The van der Waals surface area contributed by atoms with Gasteiger partial charge in [-0.3, -0.25) is 9.59 Å². The van der Waals surface area contributed by atoms with Gasteiger partial charge in [0.2, 0.25) is 11.7 Å². The molecule has 0 atom stereocenters. The van der Waals surface area contributed by atoms with E-state index in [1.807, 2.05) is 31.2 Å². The third-order valence-corrected chi connectivity index (χ3v) is 4.34. The van der Waals surface area contributed by atoms with Crippen LogP contribution in [0.25, 0.3) is 22.8 Å². The highest BCUT2D eigenvalue weighted by Crippen LogP contribution is 2.20. The second kappa shape index (κ2) is 7.97. The van der Waals surface area contributed by atoms with Crippen molar-refractivity contribution in [3.8, 4) is 22.8 Å². The smallest absolute Gasteiger partial charge is 0.263 e. The number of hydrogen-bond donors (Lipinski definition) is 1. The van der Waals surface area contributed by atoms with E-state index >= 15 is 0 Å². The van der Waals surface area contributed by atoms with Crippen LogP contribution in [0.1, 0.15) is 11.3 Å². The van der Waals surface area contributed by atoms with Gasteiger partial charge in [-0.15, -0.1) is 0 Å². The summed E-state index contributed by atoms with van der Waals surface area (Å²) in [6, 6.07) is 14.4. The molecule has 3 aromatic heterocycles. The highest BCUT2D eigenvalue weighted by molar-refractivity contribution is 5.75. The van der Waals surface area contributed by atoms with E-state index in [1.54, 1.807) is 24.3 Å². The van der Waals surface area contributed by atoms with Crippen LogP contribution in [0.5, 0.6) is 0 Å². The highest BCUT2D eigenvalue weighted by atomic mass is 16.5. The molecule has 8 nitrogen and oxygen atoms in total. The molecule has 0 unspecified atom stereocenters. The van der Waals surface area contributed by atoms with E-state index in [0.717, 1.165) is 11.1 Å². The maximum absolute atomic E-state index is 12.8. The van der Waals surface area contributed by atoms with Crippen molar-refractivity contribution in [2.75, 3.05) is 0 Å². The lowest BCUT2D eigenvalue weighted by Gasteiger charge is -2.07. The molecule has 4 aromatic rings. The van der Waals surface area contributed by atoms with Gasteiger partial charge in [0.25, 0.3) is 11.4 Å². The number of nitrogens with one attached hydrogen (secondary N) is 1. The standard InChI is InChI=1S/C21H18N4O4/c1-14-6-8-15(9-7-14)19-23-20(29-24-19)17-5-2-10-25(21(17)27)13-18(26)22-12-16-4-3-11-28-16/h2-11H,12-13H2,1H3,(H,22,26). The van der Waals surface area contributed by atoms with Crippen molar-refractivity contribution in [3.63, 3.8) is 0 Å². The SMILES string of the molecule is Cc1ccc(-c2noc(-c3cccn(CC(=O)NCc4ccco4)c3=O)n2)cc1. The first-order valence-electron chi connectivity index (χ1n) is 9.00. The Morgan fingerprint density at radius 3 is 2.72 bits per heavy atom. The molecule has 4 rings (SSSR count). The number of hydrogen-bond acceptors (Lipinski definition) is 6. The van der Waals surface area contributed by atoms with Gasteiger partial charge in [-0.1, -0.05) is 35.0 Å². The van der Waals surface area contributed by atoms with Gasteiger partial charge in [-0.2, -0.15) is 4.98 Å². The normalized spacial score (nSPS) is 10.8. The van der Waals surface area contributed by atoms with E-state index in [4.69, 9.17) is 8.94 Å². The van der Waals surface area contributed by atoms with E-state index < -0.39 is 0 Å². The predicted octanol–water partition coefficient (Wildman–Crippen LogP) is 2.78. The van der Waals surface area contributed by atoms with Crippen LogP contribution in [0.3, 0.4) is 0 Å². The van der Waals surface area contributed by atoms with E-state index in [9.17, 15) is 9.59 Å². The number of amides is 1. The topological polar surface area (TPSA) is 103 Å². The molecule has 0 spiro atoms. The van der Waals surface area contributed by atoms with Gasteiger partial charge in [0, 0.05) is 11.8 Å². The zero-order valence-electron chi connectivity index (χ0n) is 15.7. The van der Waals surface area contributed by atoms with Crippen LogP contribution in [-0.2, 0) is 17.9 Å². The van der Waals surface area contributed by atoms with Crippen molar-refractivity contribution in [1.29, 1.82) is 0 Å². The minimum atomic E-state index is -0.389. The fraction of sp³-hybridized carbons (Fsp3) is 0.143. The van der Waals surface area contributed by atoms with Crippen LogP contribution in [0.15, 0.2) is 74.7 Å². The van der Waals surface area contributed by atoms with Crippen LogP contribution in [-0.4, -0.2) is 20.6 Å². The van der Waals surface area contributed by atoms with Crippen molar-refractivity contribution < 1.29 is 13.7 Å². The van der Waals surface area contributed by atoms with Crippen molar-refractivity contribution in [2.45, 2.75) is 20.0 Å². The first-order chi connectivity index (χ1) is 14.1. The summed E-state index contributed by atoms with van der Waals surface area (Å²) in [6.07, 6.45) is 3.07. The van der Waals surface area contributed by atoms with E-state index in [-0.39, 0.29) is 36.0 Å². The number of carbonyl (C=O) groups excluding carboxylic acids is 1. The molecule has 3 heterocycles. The average molecular weight is 390 g/mol. The summed E-state index contributed by atoms with van der Waals surface area (Å²) in [4.78, 5) is 29.3. The third-order valence-electron chi connectivity index (χ3n) is 4.34. The average Bonchev–Trinajstić information content (AvgIpc) is 3.41. The number of aryl methyl sites for hydroxylation is 1. The molecule has 29 heavy (non-hydrogen) atoms. The molecule has 0 saturated heterocycles. The minimum Gasteiger partial charge on any atom is -0.467 e. The molecule has 0 aliphatic heterocycles. The van der Waals surface area contributed by atoms with Crippen LogP contribution < -0.4 is 10.9 Å². The van der Waals surface area contributed by atoms with Crippen LogP contribution in [0.2, 0.25) is 0 Å². The molecular weight excluding hydrogens is 372 g/mol. The molecule has 8 heteroatoms. The van der Waals surface area contributed by atoms with Gasteiger partial charge in [-0.05, 0) is 31.2 Å². The molecule has 1 N–H and O–H groups in total. The predicted molar refractivity (Wildman–Crippen MR) is 105 cm³/mol. The Balaban J connectivity index is 1.51. The summed E-state index contributed by atoms with van der Waals surface area (Å²) in [5, 5.41) is 6.66. The maximum atomic E-state index is 12.8. The number of carbonyl (C=O) groups is 1. The Kier molecular flexibility index (Phi) is 5.07. The highest BCUT2D eigenvalue weighted by Gasteiger charge is 2.16. The number of benzene rings is 1. The molecule has 0 bridgehead atoms. The second-order valence-electron chi connectivity index (χ2n) is 6.50. The lowest BCUT2D eigenvalue weighted by atomic mass is 10.1. The zero-order valence-corrected chi connectivity index (χ0v) is 15.7. The molecule has 1 amide bonds. The Hall–Kier alpha value is -3.94. The summed E-state index contributed by atoms with van der Waals surface area (Å²) in [6.45, 7) is 2.11. The lowest BCUT2D eigenvalue weighted by Crippen LogP contribution is -2.32. The molecular formula is C21H18N4O4. The van der Waals surface area contributed by atoms with Gasteiger partial charge in [-0.25, -0.2) is 0 Å². The van der Waals surface area contributed by atoms with Crippen molar-refractivity contribution in [3.05, 3.63) is 82.7 Å². The minimum absolute atomic E-state index is 0.107. The number of furan rings is 1. The molecule has 146 valence electrons. The molecule has 0 fully saturated rings. The summed E-state index contributed by atoms with van der Waals surface area (Å²) >= 11 is 0. The van der Waals surface area contributed by atoms with E-state index in [0.29, 0.717) is 11.6 Å². The summed E-state index contributed by atoms with van der Waals surface area (Å²) < 4.78 is 11.7. The van der Waals surface area contributed by atoms with Crippen LogP contribution in [0, 0.1) is 6.92 Å². The Bertz CT molecular complexity index is 1170. The Morgan fingerprint density at radius 1 is 1.14 bits per heavy atom. The van der Waals surface area contributed by atoms with Crippen molar-refractivity contribution in [2.24, 2.45) is 0 Å². The fourth-order valence-electron chi connectivity index (χ4n) is 2.79. The molecule has 0 radical (unpaired) electrons. The van der Waals surface area contributed by atoms with Crippen molar-refractivity contribution in [1.82, 2.24) is 20.0 Å². The Morgan fingerprint density at radius 2 is 1.97 bits per heavy atom. The van der Waals surface area contributed by atoms with Gasteiger partial charge < -0.3 is 18.8 Å². The summed E-state index contributed by atoms with van der Waals surface area (Å²) in [5.41, 5.74) is 1.75. The monoisotopic (exact) mass is 390 g/mol. The number of pyridine rings is 1. The molecule has 0 saturated carbocycles. The molecule has 0 aliphatic rings. The van der Waals surface area contributed by atoms with Crippen LogP contribution >= 0.6 is 0 Å². The van der Waals surface area contributed by atoms with Gasteiger partial charge in [0.1, 0.15) is 17.9 Å². The fourth-order valence-corrected chi connectivity index (χ4v) is 2.79. The second-order valence-corrected chi connectivity index (χ2v) is 6.50. The quantitative estimate of drug-likeness (QED) is 0.543. The summed E-state index contributed by atoms with van der Waals surface area (Å²) in [5.74, 6) is 0.822. The largest absolute Gasteiger partial charge is 0.467 e. The lowest BCUT2D eigenvalue weighted by molar-refractivity contribution is -0.121. The first kappa shape index (κ1) is 18.4.